The molecule has 4 aromatic carbocycles. The van der Waals surface area contributed by atoms with E-state index < -0.39 is 0 Å². The monoisotopic (exact) mass is 1640 g/mol. The van der Waals surface area contributed by atoms with E-state index in [9.17, 15) is 24.9 Å². The number of aldehydes is 2. The van der Waals surface area contributed by atoms with E-state index in [1.807, 2.05) is 73.7 Å². The van der Waals surface area contributed by atoms with Crippen LogP contribution in [0.4, 0.5) is 0 Å². The first-order chi connectivity index (χ1) is 58.4. The summed E-state index contributed by atoms with van der Waals surface area (Å²) in [6.07, 6.45) is 72.0. The summed E-state index contributed by atoms with van der Waals surface area (Å²) < 4.78 is 0. The standard InChI is InChI=1S/C78H109N7O3.C20H26O3.C6H14N2.CH4/c1-4-7-10-13-16-19-22-25-28-31-40-61-49-64-55-80-70-43-34-35-44-71(70)81-56-65-50-62(41-32-29-26-23-20-17-14-11-8-5-2)52-67(77(65)87)58-83-73-46-37-39-48-75(73)85-60-69-54-63(42-33-30-27-24-21-18-15-12-9-6-3)53-68(78(69)88-79)59-84-74-47-38-36-45-72(74)82-57-66(51-61)76(64)86;1-2-3-4-5-6-7-8-9-10-11-12-17-13-18(15-21)20(23)19(14-17)16-22;7-5-3-1-2-4-6(5)8;/h49-60,70-75,86-87H,4-30,34-39,43-48,79H2,1-3H3;13-16,23H,2-10H2,1H3;5-6H,1-4,7-8H2;1H4. The fourth-order valence-electron chi connectivity index (χ4n) is 16.5. The van der Waals surface area contributed by atoms with Crippen molar-refractivity contribution in [1.29, 1.82) is 0 Å². The Balaban J connectivity index is 0.000000580. The molecule has 120 heavy (non-hydrogen) atoms. The van der Waals surface area contributed by atoms with Crippen molar-refractivity contribution in [3.8, 4) is 70.4 Å². The van der Waals surface area contributed by atoms with Crippen molar-refractivity contribution in [2.24, 2.45) is 47.3 Å². The van der Waals surface area contributed by atoms with Gasteiger partial charge in [0, 0.05) is 131 Å². The minimum atomic E-state index is -0.274. The number of fused-ring (bicyclic) bond motifs is 9. The largest absolute Gasteiger partial charge is 0.507 e. The highest BCUT2D eigenvalue weighted by molar-refractivity contribution is 5.96. The van der Waals surface area contributed by atoms with Crippen LogP contribution in [0.2, 0.25) is 0 Å². The highest BCUT2D eigenvalue weighted by Gasteiger charge is 2.28. The SMILES string of the molecule is C.CCCCCCCCCCC#Cc1cc(C=O)c(O)c(C=O)c1.CCCCCCCCCCC#Cc1cc2c(O)c(c1)C=NC1CCCCC1N=Cc1cc(C#CCCCCCCCCCC)cc(c1ON)C=NC1CCCCC1N=Cc1cc(C#CCCCCCCCCCC)cc(c1O)C=NC1CCCCC1N=C2.NC1CCCCC1N. The minimum Gasteiger partial charge on any atom is -0.507 e. The Kier molecular flexibility index (Phi) is 51.7. The van der Waals surface area contributed by atoms with Crippen LogP contribution in [0.25, 0.3) is 0 Å². The van der Waals surface area contributed by atoms with Gasteiger partial charge < -0.3 is 31.6 Å². The Morgan fingerprint density at radius 1 is 0.317 bits per heavy atom. The molecule has 5 aliphatic rings. The predicted molar refractivity (Wildman–Crippen MR) is 508 cm³/mol. The number of nitrogens with two attached hydrogens (primary N) is 3. The van der Waals surface area contributed by atoms with Gasteiger partial charge in [0.2, 0.25) is 0 Å². The Morgan fingerprint density at radius 2 is 0.525 bits per heavy atom. The molecule has 8 atom stereocenters. The summed E-state index contributed by atoms with van der Waals surface area (Å²) in [7, 11) is 0. The fraction of sp³-hybridized carbons (Fsp3) is 0.619. The van der Waals surface area contributed by atoms with E-state index in [0.717, 1.165) is 169 Å². The predicted octanol–water partition coefficient (Wildman–Crippen LogP) is 24.6. The van der Waals surface area contributed by atoms with Crippen LogP contribution < -0.4 is 22.2 Å². The molecule has 0 spiro atoms. The topological polar surface area (TPSA) is 256 Å². The third-order valence-corrected chi connectivity index (χ3v) is 24.0. The van der Waals surface area contributed by atoms with Gasteiger partial charge in [-0.15, -0.1) is 0 Å². The maximum absolute atomic E-state index is 12.1. The van der Waals surface area contributed by atoms with Gasteiger partial charge in [-0.1, -0.05) is 314 Å². The van der Waals surface area contributed by atoms with E-state index in [0.29, 0.717) is 46.1 Å². The molecule has 1 heterocycles. The van der Waals surface area contributed by atoms with Crippen LogP contribution in [0.15, 0.2) is 78.5 Å². The second kappa shape index (κ2) is 61.8. The maximum Gasteiger partial charge on any atom is 0.164 e. The van der Waals surface area contributed by atoms with Crippen molar-refractivity contribution in [3.05, 3.63) is 115 Å². The van der Waals surface area contributed by atoms with Crippen LogP contribution in [0.3, 0.4) is 0 Å². The highest BCUT2D eigenvalue weighted by Crippen LogP contribution is 2.33. The van der Waals surface area contributed by atoms with Gasteiger partial charge in [-0.2, -0.15) is 5.90 Å². The van der Waals surface area contributed by atoms with Gasteiger partial charge in [0.05, 0.1) is 47.4 Å². The molecule has 15 nitrogen and oxygen atoms in total. The minimum absolute atomic E-state index is 0. The number of phenolic OH excluding ortho intramolecular Hbond substituents is 3. The molecule has 15 heteroatoms. The lowest BCUT2D eigenvalue weighted by atomic mass is 9.91. The van der Waals surface area contributed by atoms with Crippen LogP contribution >= 0.6 is 0 Å². The second-order valence-corrected chi connectivity index (χ2v) is 34.0. The van der Waals surface area contributed by atoms with Crippen molar-refractivity contribution >= 4 is 49.9 Å². The lowest BCUT2D eigenvalue weighted by Gasteiger charge is -2.26. The molecular formula is C105H153N9O6. The number of hydrogen-bond acceptors (Lipinski definition) is 15. The van der Waals surface area contributed by atoms with Crippen LogP contribution in [0.5, 0.6) is 23.0 Å². The average molecular weight is 1640 g/mol. The number of aliphatic imine (C=N–C) groups is 6. The number of benzene rings is 4. The third-order valence-electron chi connectivity index (χ3n) is 24.0. The van der Waals surface area contributed by atoms with Gasteiger partial charge in [0.15, 0.2) is 18.3 Å². The van der Waals surface area contributed by atoms with Crippen LogP contribution in [-0.4, -0.2) is 114 Å². The van der Waals surface area contributed by atoms with Crippen LogP contribution in [0.1, 0.15) is 445 Å². The molecule has 0 radical (unpaired) electrons. The number of carbonyl (C=O) groups is 2. The highest BCUT2D eigenvalue weighted by atomic mass is 16.6. The molecule has 9 rings (SSSR count). The van der Waals surface area contributed by atoms with Crippen molar-refractivity contribution in [2.75, 3.05) is 0 Å². The van der Waals surface area contributed by atoms with Crippen molar-refractivity contribution in [1.82, 2.24) is 0 Å². The van der Waals surface area contributed by atoms with Crippen molar-refractivity contribution in [3.63, 3.8) is 0 Å². The first kappa shape index (κ1) is 100. The molecule has 4 aromatic rings. The summed E-state index contributed by atoms with van der Waals surface area (Å²) >= 11 is 0. The number of carbonyl (C=O) groups excluding carboxylic acids is 2. The summed E-state index contributed by atoms with van der Waals surface area (Å²) in [5, 5.41) is 33.9. The Morgan fingerprint density at radius 3 is 0.750 bits per heavy atom. The van der Waals surface area contributed by atoms with Gasteiger partial charge in [0.1, 0.15) is 17.2 Å². The molecule has 4 aliphatic carbocycles. The van der Waals surface area contributed by atoms with Crippen molar-refractivity contribution < 1.29 is 29.7 Å². The van der Waals surface area contributed by atoms with E-state index in [1.165, 1.54) is 205 Å². The first-order valence-electron chi connectivity index (χ1n) is 47.1. The molecule has 8 unspecified atom stereocenters. The van der Waals surface area contributed by atoms with E-state index in [-0.39, 0.29) is 84.1 Å². The van der Waals surface area contributed by atoms with E-state index in [2.05, 4.69) is 75.1 Å². The van der Waals surface area contributed by atoms with Gasteiger partial charge in [0.25, 0.3) is 0 Å². The maximum atomic E-state index is 12.1. The number of phenols is 3. The van der Waals surface area contributed by atoms with Crippen LogP contribution in [-0.2, 0) is 0 Å². The summed E-state index contributed by atoms with van der Waals surface area (Å²) in [5.74, 6) is 33.6. The van der Waals surface area contributed by atoms with Gasteiger partial charge in [-0.05, 0) is 126 Å². The molecule has 654 valence electrons. The molecule has 0 aromatic heterocycles. The zero-order chi connectivity index (χ0) is 84.5. The molecular weight excluding hydrogens is 1480 g/mol. The number of nitrogens with zero attached hydrogens (tertiary/aromatic N) is 6. The quantitative estimate of drug-likeness (QED) is 0.0111. The zero-order valence-electron chi connectivity index (χ0n) is 73.6. The first-order valence-corrected chi connectivity index (χ1v) is 47.1. The summed E-state index contributed by atoms with van der Waals surface area (Å²) in [4.78, 5) is 59.0. The van der Waals surface area contributed by atoms with Gasteiger partial charge >= 0.3 is 0 Å². The molecule has 0 saturated heterocycles. The molecule has 1 aliphatic heterocycles. The molecule has 0 amide bonds. The van der Waals surface area contributed by atoms with Crippen LogP contribution in [0, 0.1) is 47.4 Å². The zero-order valence-corrected chi connectivity index (χ0v) is 73.6. The van der Waals surface area contributed by atoms with E-state index >= 15 is 0 Å². The fourth-order valence-corrected chi connectivity index (χ4v) is 16.5. The number of rotatable bonds is 35. The number of unbranched alkanes of at least 4 members (excludes halogenated alkanes) is 32. The van der Waals surface area contributed by atoms with Gasteiger partial charge in [-0.25, -0.2) is 0 Å². The third kappa shape index (κ3) is 38.3. The lowest BCUT2D eigenvalue weighted by Crippen LogP contribution is -2.43. The summed E-state index contributed by atoms with van der Waals surface area (Å²) in [5.41, 5.74) is 18.5. The van der Waals surface area contributed by atoms with E-state index in [1.54, 1.807) is 0 Å². The average Bonchev–Trinajstić information content (AvgIpc) is 0.842. The Labute approximate surface area is 725 Å². The Hall–Kier alpha value is -8.44. The number of aromatic hydroxyl groups is 3. The molecule has 4 fully saturated rings. The summed E-state index contributed by atoms with van der Waals surface area (Å²) in [6, 6.07) is 14.9. The number of hydrogen-bond donors (Lipinski definition) is 6. The molecule has 9 N–H and O–H groups in total. The second-order valence-electron chi connectivity index (χ2n) is 34.0. The molecule has 6 bridgehead atoms. The smallest absolute Gasteiger partial charge is 0.164 e. The lowest BCUT2D eigenvalue weighted by molar-refractivity contribution is 0.111. The van der Waals surface area contributed by atoms with Crippen molar-refractivity contribution in [2.45, 2.75) is 417 Å². The normalized spacial score (nSPS) is 19.3. The summed E-state index contributed by atoms with van der Waals surface area (Å²) in [6.45, 7) is 9.02. The van der Waals surface area contributed by atoms with Gasteiger partial charge in [-0.3, -0.25) is 39.5 Å². The molecule has 4 saturated carbocycles. The Bertz CT molecular complexity index is 3870. The van der Waals surface area contributed by atoms with E-state index in [4.69, 9.17) is 52.2 Å².